The van der Waals surface area contributed by atoms with Gasteiger partial charge in [0.1, 0.15) is 5.01 Å². The molecule has 1 N–H and O–H groups in total. The van der Waals surface area contributed by atoms with E-state index in [1.165, 1.54) is 4.70 Å². The topological polar surface area (TPSA) is 45.2 Å². The molecule has 3 heterocycles. The maximum Gasteiger partial charge on any atom is 0.264 e. The van der Waals surface area contributed by atoms with E-state index in [0.717, 1.165) is 39.9 Å². The van der Waals surface area contributed by atoms with Crippen molar-refractivity contribution < 1.29 is 4.79 Å². The summed E-state index contributed by atoms with van der Waals surface area (Å²) in [4.78, 5) is 21.2. The van der Waals surface area contributed by atoms with Gasteiger partial charge in [-0.1, -0.05) is 12.1 Å². The molecule has 0 saturated carbocycles. The van der Waals surface area contributed by atoms with E-state index in [0.29, 0.717) is 0 Å². The summed E-state index contributed by atoms with van der Waals surface area (Å²) in [5.74, 6) is 0.136. The van der Waals surface area contributed by atoms with Crippen molar-refractivity contribution in [3.63, 3.8) is 0 Å². The van der Waals surface area contributed by atoms with Crippen molar-refractivity contribution in [2.24, 2.45) is 0 Å². The first-order chi connectivity index (χ1) is 11.2. The van der Waals surface area contributed by atoms with E-state index in [9.17, 15) is 4.79 Å². The average Bonchev–Trinajstić information content (AvgIpc) is 3.21. The molecule has 3 aromatic rings. The van der Waals surface area contributed by atoms with Crippen LogP contribution >= 0.6 is 35.1 Å². The number of carbonyl (C=O) groups is 1. The van der Waals surface area contributed by atoms with Gasteiger partial charge in [-0.2, -0.15) is 0 Å². The first-order valence-electron chi connectivity index (χ1n) is 7.70. The third kappa shape index (κ3) is 3.19. The Morgan fingerprint density at radius 1 is 1.25 bits per heavy atom. The number of hydrogen-bond donors (Lipinski definition) is 1. The Balaban J connectivity index is 0.00000169. The molecule has 1 fully saturated rings. The number of aromatic nitrogens is 1. The van der Waals surface area contributed by atoms with Crippen LogP contribution in [-0.2, 0) is 0 Å². The fourth-order valence-corrected chi connectivity index (χ4v) is 4.81. The third-order valence-corrected chi connectivity index (χ3v) is 6.36. The van der Waals surface area contributed by atoms with E-state index in [1.54, 1.807) is 22.7 Å². The lowest BCUT2D eigenvalue weighted by molar-refractivity contribution is 0.0661. The van der Waals surface area contributed by atoms with Gasteiger partial charge in [-0.3, -0.25) is 4.79 Å². The number of rotatable bonds is 2. The molecule has 1 aromatic carbocycles. The summed E-state index contributed by atoms with van der Waals surface area (Å²) in [5, 5.41) is 4.31. The molecule has 1 amide bonds. The number of amides is 1. The first-order valence-corrected chi connectivity index (χ1v) is 9.33. The SMILES string of the molecule is C[C@H]1CNCCN1C(=O)c1ccc(-c2nc3ccccc3s2)s1.Cl. The van der Waals surface area contributed by atoms with Gasteiger partial charge in [-0.15, -0.1) is 35.1 Å². The molecule has 126 valence electrons. The van der Waals surface area contributed by atoms with Gasteiger partial charge in [-0.05, 0) is 31.2 Å². The highest BCUT2D eigenvalue weighted by atomic mass is 35.5. The molecule has 1 aliphatic heterocycles. The monoisotopic (exact) mass is 379 g/mol. The number of thiophene rings is 1. The van der Waals surface area contributed by atoms with Gasteiger partial charge < -0.3 is 10.2 Å². The molecule has 4 rings (SSSR count). The van der Waals surface area contributed by atoms with Crippen LogP contribution in [0.5, 0.6) is 0 Å². The second-order valence-corrected chi connectivity index (χ2v) is 7.82. The zero-order valence-corrected chi connectivity index (χ0v) is 15.6. The molecular formula is C17H18ClN3OS2. The Kier molecular flexibility index (Phi) is 5.20. The van der Waals surface area contributed by atoms with Crippen LogP contribution in [0.2, 0.25) is 0 Å². The zero-order chi connectivity index (χ0) is 15.8. The Morgan fingerprint density at radius 3 is 2.88 bits per heavy atom. The second-order valence-electron chi connectivity index (χ2n) is 5.70. The smallest absolute Gasteiger partial charge is 0.264 e. The van der Waals surface area contributed by atoms with Gasteiger partial charge in [0.05, 0.1) is 20.0 Å². The number of benzene rings is 1. The molecule has 7 heteroatoms. The minimum atomic E-state index is 0. The normalized spacial score (nSPS) is 17.7. The lowest BCUT2D eigenvalue weighted by Crippen LogP contribution is -2.52. The molecular weight excluding hydrogens is 362 g/mol. The van der Waals surface area contributed by atoms with Crippen molar-refractivity contribution in [2.75, 3.05) is 19.6 Å². The van der Waals surface area contributed by atoms with Crippen LogP contribution in [0.25, 0.3) is 20.1 Å². The predicted molar refractivity (Wildman–Crippen MR) is 104 cm³/mol. The Bertz CT molecular complexity index is 827. The summed E-state index contributed by atoms with van der Waals surface area (Å²) < 4.78 is 1.18. The van der Waals surface area contributed by atoms with Crippen molar-refractivity contribution in [3.05, 3.63) is 41.3 Å². The molecule has 0 spiro atoms. The van der Waals surface area contributed by atoms with Crippen molar-refractivity contribution in [1.82, 2.24) is 15.2 Å². The summed E-state index contributed by atoms with van der Waals surface area (Å²) in [6.07, 6.45) is 0. The number of nitrogens with one attached hydrogen (secondary N) is 1. The minimum absolute atomic E-state index is 0. The highest BCUT2D eigenvalue weighted by Crippen LogP contribution is 2.34. The molecule has 0 radical (unpaired) electrons. The van der Waals surface area contributed by atoms with Gasteiger partial charge in [0.15, 0.2) is 0 Å². The fraction of sp³-hybridized carbons (Fsp3) is 0.294. The lowest BCUT2D eigenvalue weighted by Gasteiger charge is -2.33. The van der Waals surface area contributed by atoms with E-state index in [4.69, 9.17) is 0 Å². The van der Waals surface area contributed by atoms with Gasteiger partial charge >= 0.3 is 0 Å². The van der Waals surface area contributed by atoms with E-state index in [-0.39, 0.29) is 24.4 Å². The Labute approximate surface area is 154 Å². The summed E-state index contributed by atoms with van der Waals surface area (Å²) in [6, 6.07) is 12.3. The average molecular weight is 380 g/mol. The van der Waals surface area contributed by atoms with Crippen LogP contribution in [0.15, 0.2) is 36.4 Å². The highest BCUT2D eigenvalue weighted by molar-refractivity contribution is 7.26. The van der Waals surface area contributed by atoms with E-state index < -0.39 is 0 Å². The van der Waals surface area contributed by atoms with Crippen LogP contribution in [0.3, 0.4) is 0 Å². The van der Waals surface area contributed by atoms with Crippen molar-refractivity contribution in [3.8, 4) is 9.88 Å². The van der Waals surface area contributed by atoms with Crippen LogP contribution in [-0.4, -0.2) is 41.5 Å². The number of hydrogen-bond acceptors (Lipinski definition) is 5. The van der Waals surface area contributed by atoms with Crippen molar-refractivity contribution >= 4 is 51.2 Å². The van der Waals surface area contributed by atoms with E-state index in [1.807, 2.05) is 35.2 Å². The quantitative estimate of drug-likeness (QED) is 0.734. The first kappa shape index (κ1) is 17.4. The van der Waals surface area contributed by atoms with Crippen LogP contribution in [0, 0.1) is 0 Å². The molecule has 24 heavy (non-hydrogen) atoms. The largest absolute Gasteiger partial charge is 0.333 e. The maximum atomic E-state index is 12.7. The van der Waals surface area contributed by atoms with E-state index in [2.05, 4.69) is 23.3 Å². The molecule has 0 aliphatic carbocycles. The van der Waals surface area contributed by atoms with Crippen LogP contribution < -0.4 is 5.32 Å². The number of fused-ring (bicyclic) bond motifs is 1. The number of nitrogens with zero attached hydrogens (tertiary/aromatic N) is 2. The Morgan fingerprint density at radius 2 is 2.08 bits per heavy atom. The third-order valence-electron chi connectivity index (χ3n) is 4.08. The Hall–Kier alpha value is -1.47. The van der Waals surface area contributed by atoms with Gasteiger partial charge in [0.2, 0.25) is 0 Å². The maximum absolute atomic E-state index is 12.7. The molecule has 1 aliphatic rings. The van der Waals surface area contributed by atoms with Crippen LogP contribution in [0.4, 0.5) is 0 Å². The summed E-state index contributed by atoms with van der Waals surface area (Å²) >= 11 is 3.22. The summed E-state index contributed by atoms with van der Waals surface area (Å²) in [6.45, 7) is 4.59. The molecule has 0 unspecified atom stereocenters. The lowest BCUT2D eigenvalue weighted by atomic mass is 10.2. The van der Waals surface area contributed by atoms with Gasteiger partial charge in [0, 0.05) is 25.7 Å². The summed E-state index contributed by atoms with van der Waals surface area (Å²) in [5.41, 5.74) is 1.02. The molecule has 4 nitrogen and oxygen atoms in total. The van der Waals surface area contributed by atoms with Gasteiger partial charge in [-0.25, -0.2) is 4.98 Å². The van der Waals surface area contributed by atoms with Crippen molar-refractivity contribution in [2.45, 2.75) is 13.0 Å². The number of thiazole rings is 1. The minimum Gasteiger partial charge on any atom is -0.333 e. The molecule has 1 saturated heterocycles. The van der Waals surface area contributed by atoms with Crippen LogP contribution in [0.1, 0.15) is 16.6 Å². The number of halogens is 1. The number of carbonyl (C=O) groups excluding carboxylic acids is 1. The predicted octanol–water partition coefficient (Wildman–Crippen LogP) is 3.88. The zero-order valence-electron chi connectivity index (χ0n) is 13.2. The standard InChI is InChI=1S/C17H17N3OS2.ClH/c1-11-10-18-8-9-20(11)17(21)15-7-6-14(22-15)16-19-12-4-2-3-5-13(12)23-16;/h2-7,11,18H,8-10H2,1H3;1H/t11-;/m0./s1. The fourth-order valence-electron chi connectivity index (χ4n) is 2.83. The summed E-state index contributed by atoms with van der Waals surface area (Å²) in [7, 11) is 0. The number of piperazine rings is 1. The van der Waals surface area contributed by atoms with Crippen molar-refractivity contribution in [1.29, 1.82) is 0 Å². The molecule has 2 aromatic heterocycles. The molecule has 1 atom stereocenters. The van der Waals surface area contributed by atoms with E-state index >= 15 is 0 Å². The van der Waals surface area contributed by atoms with Gasteiger partial charge in [0.25, 0.3) is 5.91 Å². The second kappa shape index (κ2) is 7.19. The number of para-hydroxylation sites is 1. The highest BCUT2D eigenvalue weighted by Gasteiger charge is 2.25. The molecule has 0 bridgehead atoms.